The zero-order chi connectivity index (χ0) is 8.97. The van der Waals surface area contributed by atoms with Crippen LogP contribution in [0.15, 0.2) is 0 Å². The van der Waals surface area contributed by atoms with Crippen molar-refractivity contribution in [3.63, 3.8) is 0 Å². The molecule has 1 aliphatic carbocycles. The van der Waals surface area contributed by atoms with Gasteiger partial charge < -0.3 is 5.73 Å². The van der Waals surface area contributed by atoms with Crippen LogP contribution >= 0.6 is 0 Å². The summed E-state index contributed by atoms with van der Waals surface area (Å²) in [6, 6.07) is 0.512. The van der Waals surface area contributed by atoms with E-state index in [-0.39, 0.29) is 0 Å². The highest BCUT2D eigenvalue weighted by Gasteiger charge is 2.19. The van der Waals surface area contributed by atoms with E-state index in [1.165, 1.54) is 38.5 Å². The standard InChI is InChI=1S/C11H23N/c1-3-9(2)8-10-4-6-11(12)7-5-10/h9-11H,3-8,12H2,1-2H3/t9?,10-,11+. The van der Waals surface area contributed by atoms with Crippen molar-refractivity contribution in [2.75, 3.05) is 0 Å². The van der Waals surface area contributed by atoms with E-state index >= 15 is 0 Å². The van der Waals surface area contributed by atoms with Crippen LogP contribution in [0.4, 0.5) is 0 Å². The average Bonchev–Trinajstić information content (AvgIpc) is 2.09. The normalized spacial score (nSPS) is 33.2. The average molecular weight is 169 g/mol. The van der Waals surface area contributed by atoms with Gasteiger partial charge in [0.2, 0.25) is 0 Å². The van der Waals surface area contributed by atoms with Gasteiger partial charge in [0.25, 0.3) is 0 Å². The fraction of sp³-hybridized carbons (Fsp3) is 1.00. The Morgan fingerprint density at radius 3 is 2.33 bits per heavy atom. The molecular weight excluding hydrogens is 146 g/mol. The Hall–Kier alpha value is -0.0400. The van der Waals surface area contributed by atoms with Gasteiger partial charge in [0, 0.05) is 6.04 Å². The predicted molar refractivity (Wildman–Crippen MR) is 54.0 cm³/mol. The molecule has 0 radical (unpaired) electrons. The highest BCUT2D eigenvalue weighted by molar-refractivity contribution is 4.75. The minimum absolute atomic E-state index is 0.512. The lowest BCUT2D eigenvalue weighted by atomic mass is 9.81. The Morgan fingerprint density at radius 1 is 1.25 bits per heavy atom. The van der Waals surface area contributed by atoms with E-state index in [4.69, 9.17) is 5.73 Å². The van der Waals surface area contributed by atoms with Gasteiger partial charge in [-0.2, -0.15) is 0 Å². The van der Waals surface area contributed by atoms with Crippen molar-refractivity contribution in [1.29, 1.82) is 0 Å². The van der Waals surface area contributed by atoms with Crippen LogP contribution in [-0.4, -0.2) is 6.04 Å². The lowest BCUT2D eigenvalue weighted by molar-refractivity contribution is 0.274. The maximum absolute atomic E-state index is 5.86. The molecule has 1 saturated carbocycles. The maximum Gasteiger partial charge on any atom is 0.00390 e. The van der Waals surface area contributed by atoms with Gasteiger partial charge in [0.05, 0.1) is 0 Å². The van der Waals surface area contributed by atoms with Crippen molar-refractivity contribution in [3.8, 4) is 0 Å². The smallest absolute Gasteiger partial charge is 0.00390 e. The van der Waals surface area contributed by atoms with Gasteiger partial charge >= 0.3 is 0 Å². The molecule has 0 aromatic carbocycles. The summed E-state index contributed by atoms with van der Waals surface area (Å²) >= 11 is 0. The maximum atomic E-state index is 5.86. The second-order valence-electron chi connectivity index (χ2n) is 4.53. The fourth-order valence-corrected chi connectivity index (χ4v) is 2.16. The summed E-state index contributed by atoms with van der Waals surface area (Å²) in [6.45, 7) is 4.66. The second kappa shape index (κ2) is 4.86. The molecular formula is C11H23N. The monoisotopic (exact) mass is 169 g/mol. The summed E-state index contributed by atoms with van der Waals surface area (Å²) in [7, 11) is 0. The van der Waals surface area contributed by atoms with Crippen molar-refractivity contribution in [1.82, 2.24) is 0 Å². The highest BCUT2D eigenvalue weighted by Crippen LogP contribution is 2.29. The molecule has 0 spiro atoms. The van der Waals surface area contributed by atoms with E-state index in [0.29, 0.717) is 6.04 Å². The van der Waals surface area contributed by atoms with Crippen molar-refractivity contribution >= 4 is 0 Å². The minimum atomic E-state index is 0.512. The highest BCUT2D eigenvalue weighted by atomic mass is 14.6. The molecule has 0 aliphatic heterocycles. The SMILES string of the molecule is CCC(C)C[C@H]1CC[C@@H](N)CC1. The second-order valence-corrected chi connectivity index (χ2v) is 4.53. The molecule has 1 atom stereocenters. The van der Waals surface area contributed by atoms with E-state index in [2.05, 4.69) is 13.8 Å². The first kappa shape index (κ1) is 10.0. The van der Waals surface area contributed by atoms with Gasteiger partial charge in [0.1, 0.15) is 0 Å². The zero-order valence-corrected chi connectivity index (χ0v) is 8.55. The van der Waals surface area contributed by atoms with Crippen LogP contribution in [0.2, 0.25) is 0 Å². The molecule has 1 rings (SSSR count). The third-order valence-electron chi connectivity index (χ3n) is 3.32. The molecule has 12 heavy (non-hydrogen) atoms. The quantitative estimate of drug-likeness (QED) is 0.690. The Labute approximate surface area is 76.7 Å². The van der Waals surface area contributed by atoms with E-state index in [1.54, 1.807) is 0 Å². The van der Waals surface area contributed by atoms with Crippen molar-refractivity contribution in [2.45, 2.75) is 58.4 Å². The summed E-state index contributed by atoms with van der Waals surface area (Å²) < 4.78 is 0. The third kappa shape index (κ3) is 3.14. The van der Waals surface area contributed by atoms with Gasteiger partial charge in [-0.1, -0.05) is 20.3 Å². The van der Waals surface area contributed by atoms with Crippen LogP contribution in [0.3, 0.4) is 0 Å². The van der Waals surface area contributed by atoms with E-state index in [1.807, 2.05) is 0 Å². The molecule has 0 aromatic rings. The predicted octanol–water partition coefficient (Wildman–Crippen LogP) is 2.94. The first-order chi connectivity index (χ1) is 5.72. The first-order valence-electron chi connectivity index (χ1n) is 5.48. The van der Waals surface area contributed by atoms with E-state index in [9.17, 15) is 0 Å². The largest absolute Gasteiger partial charge is 0.328 e. The van der Waals surface area contributed by atoms with Gasteiger partial charge in [-0.15, -0.1) is 0 Å². The molecule has 1 fully saturated rings. The first-order valence-corrected chi connectivity index (χ1v) is 5.48. The molecule has 0 saturated heterocycles. The van der Waals surface area contributed by atoms with Crippen LogP contribution < -0.4 is 5.73 Å². The molecule has 1 nitrogen and oxygen atoms in total. The van der Waals surface area contributed by atoms with Gasteiger partial charge in [-0.05, 0) is 43.9 Å². The van der Waals surface area contributed by atoms with Gasteiger partial charge in [-0.3, -0.25) is 0 Å². The number of hydrogen-bond donors (Lipinski definition) is 1. The summed E-state index contributed by atoms with van der Waals surface area (Å²) in [4.78, 5) is 0. The van der Waals surface area contributed by atoms with Crippen molar-refractivity contribution in [3.05, 3.63) is 0 Å². The minimum Gasteiger partial charge on any atom is -0.328 e. The Morgan fingerprint density at radius 2 is 1.83 bits per heavy atom. The fourth-order valence-electron chi connectivity index (χ4n) is 2.16. The topological polar surface area (TPSA) is 26.0 Å². The molecule has 0 heterocycles. The summed E-state index contributed by atoms with van der Waals surface area (Å²) in [5.74, 6) is 1.91. The number of nitrogens with two attached hydrogens (primary N) is 1. The lowest BCUT2D eigenvalue weighted by Crippen LogP contribution is -2.27. The Balaban J connectivity index is 2.17. The number of hydrogen-bond acceptors (Lipinski definition) is 1. The molecule has 1 aliphatic rings. The number of rotatable bonds is 3. The molecule has 0 bridgehead atoms. The molecule has 0 amide bonds. The van der Waals surface area contributed by atoms with E-state index in [0.717, 1.165) is 11.8 Å². The molecule has 1 unspecified atom stereocenters. The molecule has 1 heteroatoms. The van der Waals surface area contributed by atoms with E-state index < -0.39 is 0 Å². The van der Waals surface area contributed by atoms with Gasteiger partial charge in [-0.25, -0.2) is 0 Å². The van der Waals surface area contributed by atoms with Gasteiger partial charge in [0.15, 0.2) is 0 Å². The summed E-state index contributed by atoms with van der Waals surface area (Å²) in [5.41, 5.74) is 5.86. The van der Waals surface area contributed by atoms with Crippen molar-refractivity contribution in [2.24, 2.45) is 17.6 Å². The lowest BCUT2D eigenvalue weighted by Gasteiger charge is -2.27. The molecule has 2 N–H and O–H groups in total. The van der Waals surface area contributed by atoms with Crippen LogP contribution in [0.25, 0.3) is 0 Å². The van der Waals surface area contributed by atoms with Crippen LogP contribution in [0.1, 0.15) is 52.4 Å². The van der Waals surface area contributed by atoms with Crippen LogP contribution in [-0.2, 0) is 0 Å². The molecule has 72 valence electrons. The van der Waals surface area contributed by atoms with Crippen LogP contribution in [0.5, 0.6) is 0 Å². The zero-order valence-electron chi connectivity index (χ0n) is 8.55. The summed E-state index contributed by atoms with van der Waals surface area (Å²) in [6.07, 6.45) is 8.06. The Kier molecular flexibility index (Phi) is 4.07. The molecule has 0 aromatic heterocycles. The third-order valence-corrected chi connectivity index (χ3v) is 3.32. The van der Waals surface area contributed by atoms with Crippen molar-refractivity contribution < 1.29 is 0 Å². The Bertz CT molecular complexity index is 114. The summed E-state index contributed by atoms with van der Waals surface area (Å²) in [5, 5.41) is 0. The van der Waals surface area contributed by atoms with Crippen LogP contribution in [0, 0.1) is 11.8 Å².